The number of carboxylic acid groups (broad SMARTS) is 1. The first-order chi connectivity index (χ1) is 17.9. The smallest absolute Gasteiger partial charge is 0.326 e. The molecule has 9 heteroatoms. The van der Waals surface area contributed by atoms with Crippen molar-refractivity contribution >= 4 is 23.6 Å². The van der Waals surface area contributed by atoms with E-state index in [1.807, 2.05) is 12.1 Å². The molecule has 1 atom stereocenters. The number of carbonyl (C=O) groups excluding carboxylic acids is 1. The minimum absolute atomic E-state index is 0.184. The topological polar surface area (TPSA) is 90.6 Å². The number of benzene rings is 3. The molecular formula is C28H24F2N2O4S. The molecule has 190 valence electrons. The Labute approximate surface area is 217 Å². The standard InChI is InChI=1S/C28H24F2N2O4S/c29-23-15-22(26(16-24(23)30)37-13-3-11-31)19-7-9-21(10-8-19)36-17-18-4-1-5-20(14-18)27(33)32-12-2-6-25(32)28(34)35/h1,4-5,7-10,14-16,25H,2-3,6,12-13,17H2,(H,34,35)/t25-/m0/s1. The fourth-order valence-electron chi connectivity index (χ4n) is 4.20. The van der Waals surface area contributed by atoms with E-state index < -0.39 is 23.6 Å². The molecule has 1 heterocycles. The van der Waals surface area contributed by atoms with Crippen molar-refractivity contribution < 1.29 is 28.2 Å². The van der Waals surface area contributed by atoms with E-state index in [0.717, 1.165) is 17.7 Å². The maximum Gasteiger partial charge on any atom is 0.326 e. The Morgan fingerprint density at radius 1 is 1.11 bits per heavy atom. The number of carbonyl (C=O) groups is 2. The molecule has 1 aliphatic heterocycles. The molecule has 4 rings (SSSR count). The predicted octanol–water partition coefficient (Wildman–Crippen LogP) is 5.91. The molecule has 0 aliphatic carbocycles. The number of hydrogen-bond donors (Lipinski definition) is 1. The molecule has 1 saturated heterocycles. The highest BCUT2D eigenvalue weighted by molar-refractivity contribution is 7.99. The third-order valence-electron chi connectivity index (χ3n) is 6.04. The van der Waals surface area contributed by atoms with E-state index >= 15 is 0 Å². The SMILES string of the molecule is N#CCCSc1cc(F)c(F)cc1-c1ccc(OCc2cccc(C(=O)N3CCC[C@H]3C(=O)O)c2)cc1. The lowest BCUT2D eigenvalue weighted by Crippen LogP contribution is -2.40. The van der Waals surface area contributed by atoms with Gasteiger partial charge in [0.2, 0.25) is 0 Å². The largest absolute Gasteiger partial charge is 0.489 e. The van der Waals surface area contributed by atoms with E-state index in [4.69, 9.17) is 10.00 Å². The molecule has 3 aromatic carbocycles. The van der Waals surface area contributed by atoms with Crippen LogP contribution in [0, 0.1) is 23.0 Å². The van der Waals surface area contributed by atoms with Crippen molar-refractivity contribution in [2.45, 2.75) is 36.8 Å². The summed E-state index contributed by atoms with van der Waals surface area (Å²) in [4.78, 5) is 26.2. The zero-order valence-corrected chi connectivity index (χ0v) is 20.6. The highest BCUT2D eigenvalue weighted by Gasteiger charge is 2.34. The average molecular weight is 523 g/mol. The number of likely N-dealkylation sites (tertiary alicyclic amines) is 1. The molecule has 0 unspecified atom stereocenters. The van der Waals surface area contributed by atoms with Gasteiger partial charge in [-0.1, -0.05) is 24.3 Å². The maximum atomic E-state index is 14.0. The van der Waals surface area contributed by atoms with E-state index in [0.29, 0.717) is 58.9 Å². The highest BCUT2D eigenvalue weighted by atomic mass is 32.2. The summed E-state index contributed by atoms with van der Waals surface area (Å²) < 4.78 is 33.6. The summed E-state index contributed by atoms with van der Waals surface area (Å²) in [5, 5.41) is 18.1. The van der Waals surface area contributed by atoms with Crippen molar-refractivity contribution in [1.82, 2.24) is 4.90 Å². The zero-order chi connectivity index (χ0) is 26.4. The third-order valence-corrected chi connectivity index (χ3v) is 7.09. The fourth-order valence-corrected chi connectivity index (χ4v) is 5.14. The van der Waals surface area contributed by atoms with E-state index in [1.165, 1.54) is 16.7 Å². The van der Waals surface area contributed by atoms with Gasteiger partial charge in [-0.3, -0.25) is 4.79 Å². The summed E-state index contributed by atoms with van der Waals surface area (Å²) in [5.41, 5.74) is 2.36. The van der Waals surface area contributed by atoms with Gasteiger partial charge < -0.3 is 14.7 Å². The number of carboxylic acids is 1. The van der Waals surface area contributed by atoms with Crippen molar-refractivity contribution in [1.29, 1.82) is 5.26 Å². The maximum absolute atomic E-state index is 14.0. The second-order valence-corrected chi connectivity index (χ2v) is 9.66. The Hall–Kier alpha value is -3.90. The lowest BCUT2D eigenvalue weighted by atomic mass is 10.1. The van der Waals surface area contributed by atoms with Crippen molar-refractivity contribution in [2.75, 3.05) is 12.3 Å². The number of amides is 1. The molecule has 0 aromatic heterocycles. The first-order valence-electron chi connectivity index (χ1n) is 11.7. The molecule has 1 fully saturated rings. The van der Waals surface area contributed by atoms with Crippen molar-refractivity contribution in [3.63, 3.8) is 0 Å². The van der Waals surface area contributed by atoms with Crippen LogP contribution in [0.4, 0.5) is 8.78 Å². The molecule has 1 amide bonds. The normalized spacial score (nSPS) is 14.8. The number of nitrogens with zero attached hydrogens (tertiary/aromatic N) is 2. The first-order valence-corrected chi connectivity index (χ1v) is 12.7. The second-order valence-electron chi connectivity index (χ2n) is 8.53. The van der Waals surface area contributed by atoms with E-state index in [-0.39, 0.29) is 12.5 Å². The summed E-state index contributed by atoms with van der Waals surface area (Å²) >= 11 is 1.29. The Balaban J connectivity index is 1.44. The van der Waals surface area contributed by atoms with Gasteiger partial charge >= 0.3 is 5.97 Å². The number of hydrogen-bond acceptors (Lipinski definition) is 5. The van der Waals surface area contributed by atoms with Gasteiger partial charge in [0, 0.05) is 29.2 Å². The lowest BCUT2D eigenvalue weighted by molar-refractivity contribution is -0.141. The molecule has 3 aromatic rings. The van der Waals surface area contributed by atoms with Crippen molar-refractivity contribution in [2.24, 2.45) is 0 Å². The van der Waals surface area contributed by atoms with Crippen LogP contribution in [0.2, 0.25) is 0 Å². The average Bonchev–Trinajstić information content (AvgIpc) is 3.40. The third kappa shape index (κ3) is 6.27. The Morgan fingerprint density at radius 2 is 1.86 bits per heavy atom. The Kier molecular flexibility index (Phi) is 8.41. The van der Waals surface area contributed by atoms with Gasteiger partial charge in [-0.2, -0.15) is 5.26 Å². The number of thioether (sulfide) groups is 1. The summed E-state index contributed by atoms with van der Waals surface area (Å²) in [7, 11) is 0. The van der Waals surface area contributed by atoms with Crippen molar-refractivity contribution in [3.8, 4) is 22.9 Å². The van der Waals surface area contributed by atoms with Gasteiger partial charge in [0.15, 0.2) is 11.6 Å². The number of aliphatic carboxylic acids is 1. The first kappa shape index (κ1) is 26.2. The van der Waals surface area contributed by atoms with Crippen LogP contribution in [-0.4, -0.2) is 40.2 Å². The number of ether oxygens (including phenoxy) is 1. The van der Waals surface area contributed by atoms with Crippen LogP contribution in [-0.2, 0) is 11.4 Å². The van der Waals surface area contributed by atoms with Crippen LogP contribution in [0.1, 0.15) is 35.2 Å². The van der Waals surface area contributed by atoms with Gasteiger partial charge in [-0.05, 0) is 65.9 Å². The van der Waals surface area contributed by atoms with Gasteiger partial charge in [0.25, 0.3) is 5.91 Å². The van der Waals surface area contributed by atoms with Gasteiger partial charge in [-0.15, -0.1) is 11.8 Å². The minimum Gasteiger partial charge on any atom is -0.489 e. The molecule has 0 saturated carbocycles. The monoisotopic (exact) mass is 522 g/mol. The summed E-state index contributed by atoms with van der Waals surface area (Å²) in [6.45, 7) is 0.600. The highest BCUT2D eigenvalue weighted by Crippen LogP contribution is 2.34. The van der Waals surface area contributed by atoms with Crippen LogP contribution in [0.15, 0.2) is 65.6 Å². The lowest BCUT2D eigenvalue weighted by Gasteiger charge is -2.21. The van der Waals surface area contributed by atoms with Crippen LogP contribution in [0.5, 0.6) is 5.75 Å². The quantitative estimate of drug-likeness (QED) is 0.278. The van der Waals surface area contributed by atoms with Crippen LogP contribution >= 0.6 is 11.8 Å². The molecule has 0 bridgehead atoms. The van der Waals surface area contributed by atoms with Crippen LogP contribution < -0.4 is 4.74 Å². The van der Waals surface area contributed by atoms with Gasteiger partial charge in [0.05, 0.1) is 6.07 Å². The molecule has 6 nitrogen and oxygen atoms in total. The predicted molar refractivity (Wildman–Crippen MR) is 135 cm³/mol. The summed E-state index contributed by atoms with van der Waals surface area (Å²) in [6, 6.07) is 17.4. The van der Waals surface area contributed by atoms with Crippen molar-refractivity contribution in [3.05, 3.63) is 83.4 Å². The van der Waals surface area contributed by atoms with E-state index in [9.17, 15) is 23.5 Å². The van der Waals surface area contributed by atoms with Crippen LogP contribution in [0.25, 0.3) is 11.1 Å². The molecule has 0 radical (unpaired) electrons. The molecular weight excluding hydrogens is 498 g/mol. The van der Waals surface area contributed by atoms with Crippen LogP contribution in [0.3, 0.4) is 0 Å². The number of rotatable bonds is 9. The number of nitriles is 1. The number of halogens is 2. The zero-order valence-electron chi connectivity index (χ0n) is 19.8. The molecule has 1 N–H and O–H groups in total. The molecule has 37 heavy (non-hydrogen) atoms. The second kappa shape index (κ2) is 11.9. The summed E-state index contributed by atoms with van der Waals surface area (Å²) in [6.07, 6.45) is 1.40. The molecule has 0 spiro atoms. The minimum atomic E-state index is -0.995. The van der Waals surface area contributed by atoms with Gasteiger partial charge in [0.1, 0.15) is 18.4 Å². The van der Waals surface area contributed by atoms with Gasteiger partial charge in [-0.25, -0.2) is 13.6 Å². The fraction of sp³-hybridized carbons (Fsp3) is 0.250. The molecule has 1 aliphatic rings. The Morgan fingerprint density at radius 3 is 2.59 bits per heavy atom. The Bertz CT molecular complexity index is 1340. The summed E-state index contributed by atoms with van der Waals surface area (Å²) in [5.74, 6) is -2.18. The van der Waals surface area contributed by atoms with E-state index in [2.05, 4.69) is 0 Å². The van der Waals surface area contributed by atoms with E-state index in [1.54, 1.807) is 42.5 Å².